The van der Waals surface area contributed by atoms with Crippen molar-refractivity contribution in [3.63, 3.8) is 0 Å². The Morgan fingerprint density at radius 1 is 0.525 bits per heavy atom. The second kappa shape index (κ2) is 8.25. The van der Waals surface area contributed by atoms with Crippen molar-refractivity contribution < 1.29 is 0 Å². The number of para-hydroxylation sites is 2. The van der Waals surface area contributed by atoms with Gasteiger partial charge in [0, 0.05) is 31.6 Å². The average molecular weight is 527 g/mol. The highest BCUT2D eigenvalue weighted by atomic mass is 32.1. The summed E-state index contributed by atoms with van der Waals surface area (Å²) in [7, 11) is 0. The fraction of sp³-hybridized carbons (Fsp3) is 0. The number of nitrogens with zero attached hydrogens (tertiary/aromatic N) is 2. The molecule has 0 spiro atoms. The van der Waals surface area contributed by atoms with Gasteiger partial charge in [-0.2, -0.15) is 0 Å². The van der Waals surface area contributed by atoms with Crippen LogP contribution in [-0.4, -0.2) is 9.55 Å². The van der Waals surface area contributed by atoms with E-state index < -0.39 is 0 Å². The monoisotopic (exact) mass is 526 g/mol. The predicted molar refractivity (Wildman–Crippen MR) is 172 cm³/mol. The van der Waals surface area contributed by atoms with Crippen LogP contribution in [0, 0.1) is 0 Å². The third kappa shape index (κ3) is 2.95. The third-order valence-corrected chi connectivity index (χ3v) is 9.35. The first kappa shape index (κ1) is 21.9. The lowest BCUT2D eigenvalue weighted by Crippen LogP contribution is -1.99. The van der Waals surface area contributed by atoms with Gasteiger partial charge >= 0.3 is 0 Å². The second-order valence-corrected chi connectivity index (χ2v) is 11.4. The molecule has 0 aliphatic carbocycles. The van der Waals surface area contributed by atoms with Crippen LogP contribution in [0.4, 0.5) is 0 Å². The number of fused-ring (bicyclic) bond motifs is 11. The van der Waals surface area contributed by atoms with Crippen LogP contribution >= 0.6 is 11.3 Å². The van der Waals surface area contributed by atoms with Crippen LogP contribution < -0.4 is 0 Å². The first-order valence-electron chi connectivity index (χ1n) is 13.6. The molecule has 0 saturated carbocycles. The lowest BCUT2D eigenvalue weighted by atomic mass is 9.99. The highest BCUT2D eigenvalue weighted by molar-refractivity contribution is 7.27. The standard InChI is InChI=1S/C37H22N2S/c1-2-12-23(13-3-1)29-22-33(38-30-19-9-6-14-24(29)30)39-31-20-10-7-17-27(31)34-25-15-4-5-16-26(25)35-28-18-8-11-21-32(28)40-37(35)36(34)39/h1-22H. The maximum atomic E-state index is 5.31. The van der Waals surface area contributed by atoms with Gasteiger partial charge in [0.2, 0.25) is 0 Å². The van der Waals surface area contributed by atoms with Crippen LogP contribution in [0.2, 0.25) is 0 Å². The van der Waals surface area contributed by atoms with E-state index in [2.05, 4.69) is 138 Å². The fourth-order valence-electron chi connectivity index (χ4n) is 6.50. The van der Waals surface area contributed by atoms with Crippen molar-refractivity contribution in [2.45, 2.75) is 0 Å². The van der Waals surface area contributed by atoms with E-state index in [-0.39, 0.29) is 0 Å². The van der Waals surface area contributed by atoms with Crippen molar-refractivity contribution in [2.75, 3.05) is 0 Å². The van der Waals surface area contributed by atoms with E-state index in [9.17, 15) is 0 Å². The SMILES string of the molecule is c1ccc(-c2cc(-n3c4ccccc4c4c5ccccc5c5c6ccccc6sc5c43)nc3ccccc23)cc1. The van der Waals surface area contributed by atoms with Gasteiger partial charge in [-0.3, -0.25) is 4.57 Å². The number of pyridine rings is 1. The highest BCUT2D eigenvalue weighted by Gasteiger charge is 2.22. The molecule has 3 heteroatoms. The molecule has 0 aliphatic heterocycles. The molecule has 0 atom stereocenters. The zero-order valence-electron chi connectivity index (χ0n) is 21.5. The van der Waals surface area contributed by atoms with Gasteiger partial charge < -0.3 is 0 Å². The molecule has 0 aliphatic rings. The molecule has 2 nitrogen and oxygen atoms in total. The van der Waals surface area contributed by atoms with E-state index in [0.29, 0.717) is 0 Å². The summed E-state index contributed by atoms with van der Waals surface area (Å²) in [6.45, 7) is 0. The minimum atomic E-state index is 0.942. The van der Waals surface area contributed by atoms with Gasteiger partial charge in [-0.1, -0.05) is 109 Å². The molecule has 3 aromatic heterocycles. The maximum Gasteiger partial charge on any atom is 0.138 e. The molecule has 0 N–H and O–H groups in total. The molecule has 0 radical (unpaired) electrons. The number of rotatable bonds is 2. The Morgan fingerprint density at radius 3 is 1.98 bits per heavy atom. The summed E-state index contributed by atoms with van der Waals surface area (Å²) in [6, 6.07) is 47.9. The van der Waals surface area contributed by atoms with Crippen LogP contribution in [0.25, 0.3) is 80.6 Å². The molecule has 6 aromatic carbocycles. The number of hydrogen-bond donors (Lipinski definition) is 0. The first-order valence-corrected chi connectivity index (χ1v) is 14.4. The Labute approximate surface area is 234 Å². The molecule has 186 valence electrons. The Morgan fingerprint density at radius 2 is 1.15 bits per heavy atom. The Bertz CT molecular complexity index is 2430. The number of thiophene rings is 1. The van der Waals surface area contributed by atoms with Crippen LogP contribution in [0.3, 0.4) is 0 Å². The first-order chi connectivity index (χ1) is 19.9. The second-order valence-electron chi connectivity index (χ2n) is 10.3. The minimum absolute atomic E-state index is 0.942. The quantitative estimate of drug-likeness (QED) is 0.219. The molecule has 0 amide bonds. The summed E-state index contributed by atoms with van der Waals surface area (Å²) in [4.78, 5) is 5.31. The summed E-state index contributed by atoms with van der Waals surface area (Å²) in [5.41, 5.74) is 5.80. The van der Waals surface area contributed by atoms with Gasteiger partial charge in [0.15, 0.2) is 0 Å². The van der Waals surface area contributed by atoms with Crippen molar-refractivity contribution in [3.05, 3.63) is 133 Å². The Kier molecular flexibility index (Phi) is 4.52. The minimum Gasteiger partial charge on any atom is -0.292 e. The zero-order chi connectivity index (χ0) is 26.2. The predicted octanol–water partition coefficient (Wildman–Crippen LogP) is 10.5. The van der Waals surface area contributed by atoms with Crippen LogP contribution in [0.1, 0.15) is 0 Å². The summed E-state index contributed by atoms with van der Waals surface area (Å²) in [6.07, 6.45) is 0. The summed E-state index contributed by atoms with van der Waals surface area (Å²) in [5.74, 6) is 0.942. The van der Waals surface area contributed by atoms with Crippen LogP contribution in [0.15, 0.2) is 133 Å². The Hall–Kier alpha value is -4.99. The van der Waals surface area contributed by atoms with Gasteiger partial charge in [0.1, 0.15) is 5.82 Å². The molecule has 9 rings (SSSR count). The lowest BCUT2D eigenvalue weighted by molar-refractivity contribution is 1.11. The van der Waals surface area contributed by atoms with E-state index in [4.69, 9.17) is 4.98 Å². The number of benzene rings is 6. The topological polar surface area (TPSA) is 17.8 Å². The van der Waals surface area contributed by atoms with Gasteiger partial charge in [-0.05, 0) is 46.2 Å². The third-order valence-electron chi connectivity index (χ3n) is 8.17. The van der Waals surface area contributed by atoms with Crippen molar-refractivity contribution >= 4 is 75.0 Å². The van der Waals surface area contributed by atoms with Crippen molar-refractivity contribution in [1.29, 1.82) is 0 Å². The maximum absolute atomic E-state index is 5.31. The fourth-order valence-corrected chi connectivity index (χ4v) is 7.76. The Balaban J connectivity index is 1.54. The average Bonchev–Trinajstić information content (AvgIpc) is 3.58. The molecule has 9 aromatic rings. The van der Waals surface area contributed by atoms with E-state index in [1.54, 1.807) is 0 Å². The summed E-state index contributed by atoms with van der Waals surface area (Å²) >= 11 is 1.89. The summed E-state index contributed by atoms with van der Waals surface area (Å²) in [5, 5.41) is 8.95. The zero-order valence-corrected chi connectivity index (χ0v) is 22.3. The molecule has 0 unspecified atom stereocenters. The number of hydrogen-bond acceptors (Lipinski definition) is 2. The van der Waals surface area contributed by atoms with Crippen LogP contribution in [0.5, 0.6) is 0 Å². The van der Waals surface area contributed by atoms with E-state index in [0.717, 1.165) is 16.7 Å². The van der Waals surface area contributed by atoms with Gasteiger partial charge in [-0.25, -0.2) is 4.98 Å². The van der Waals surface area contributed by atoms with E-state index in [1.165, 1.54) is 63.9 Å². The largest absolute Gasteiger partial charge is 0.292 e. The summed E-state index contributed by atoms with van der Waals surface area (Å²) < 4.78 is 5.03. The van der Waals surface area contributed by atoms with Crippen molar-refractivity contribution in [3.8, 4) is 16.9 Å². The molecule has 3 heterocycles. The van der Waals surface area contributed by atoms with E-state index >= 15 is 0 Å². The highest BCUT2D eigenvalue weighted by Crippen LogP contribution is 2.47. The molecular formula is C37H22N2S. The van der Waals surface area contributed by atoms with Gasteiger partial charge in [0.05, 0.1) is 21.3 Å². The molecule has 40 heavy (non-hydrogen) atoms. The van der Waals surface area contributed by atoms with Gasteiger partial charge in [-0.15, -0.1) is 11.3 Å². The van der Waals surface area contributed by atoms with Crippen molar-refractivity contribution in [2.24, 2.45) is 0 Å². The molecule has 0 saturated heterocycles. The lowest BCUT2D eigenvalue weighted by Gasteiger charge is -2.13. The molecule has 0 fully saturated rings. The smallest absolute Gasteiger partial charge is 0.138 e. The van der Waals surface area contributed by atoms with E-state index in [1.807, 2.05) is 11.3 Å². The van der Waals surface area contributed by atoms with Crippen molar-refractivity contribution in [1.82, 2.24) is 9.55 Å². The van der Waals surface area contributed by atoms with Gasteiger partial charge in [0.25, 0.3) is 0 Å². The number of aromatic nitrogens is 2. The normalized spacial score (nSPS) is 12.0. The molecule has 0 bridgehead atoms. The molecular weight excluding hydrogens is 504 g/mol. The van der Waals surface area contributed by atoms with Crippen LogP contribution in [-0.2, 0) is 0 Å².